The fourth-order valence-corrected chi connectivity index (χ4v) is 5.42. The molecule has 1 aliphatic carbocycles. The van der Waals surface area contributed by atoms with Gasteiger partial charge in [-0.3, -0.25) is 4.79 Å². The fraction of sp³-hybridized carbons (Fsp3) is 0.947. The Kier molecular flexibility index (Phi) is 4.80. The van der Waals surface area contributed by atoms with Gasteiger partial charge in [0.1, 0.15) is 0 Å². The van der Waals surface area contributed by atoms with Gasteiger partial charge in [-0.2, -0.15) is 0 Å². The lowest BCUT2D eigenvalue weighted by Crippen LogP contribution is -2.70. The number of carbonyl (C=O) groups excluding carboxylic acids is 1. The number of ether oxygens (including phenoxy) is 4. The van der Waals surface area contributed by atoms with Crippen LogP contribution in [0.25, 0.3) is 0 Å². The first kappa shape index (κ1) is 18.6. The molecule has 148 valence electrons. The number of fused-ring (bicyclic) bond motifs is 2. The maximum Gasteiger partial charge on any atom is 0.307 e. The Bertz CT molecular complexity index is 554. The summed E-state index contributed by atoms with van der Waals surface area (Å²) in [5, 5.41) is 0. The van der Waals surface area contributed by atoms with Crippen molar-refractivity contribution in [3.8, 4) is 0 Å². The van der Waals surface area contributed by atoms with E-state index >= 15 is 0 Å². The van der Waals surface area contributed by atoms with Crippen molar-refractivity contribution < 1.29 is 33.5 Å². The summed E-state index contributed by atoms with van der Waals surface area (Å²) < 4.78 is 23.1. The van der Waals surface area contributed by atoms with E-state index < -0.39 is 24.0 Å². The Hall–Kier alpha value is -0.730. The summed E-state index contributed by atoms with van der Waals surface area (Å²) in [4.78, 5) is 23.2. The van der Waals surface area contributed by atoms with Gasteiger partial charge in [-0.15, -0.1) is 0 Å². The van der Waals surface area contributed by atoms with E-state index in [2.05, 4.69) is 18.6 Å². The summed E-state index contributed by atoms with van der Waals surface area (Å²) in [6, 6.07) is 0. The molecule has 5 aliphatic rings. The standard InChI is InChI=1S/C19H30O7/c1-11-5-6-14-12(2)16(22-10-8-15(20)21-4)23-17-19(14)13(11)7-9-18(3,24-17)25-26-19/h11-14,16-17H,5-10H2,1-4H3/t11-,12-,13+,14+,16?,17-,18-,19-/m1/s1. The third kappa shape index (κ3) is 2.79. The summed E-state index contributed by atoms with van der Waals surface area (Å²) in [5.41, 5.74) is -0.574. The minimum atomic E-state index is -0.783. The van der Waals surface area contributed by atoms with E-state index in [4.69, 9.17) is 24.0 Å². The van der Waals surface area contributed by atoms with Crippen LogP contribution >= 0.6 is 0 Å². The van der Waals surface area contributed by atoms with Crippen molar-refractivity contribution in [3.05, 3.63) is 0 Å². The first-order chi connectivity index (χ1) is 12.4. The van der Waals surface area contributed by atoms with Crippen LogP contribution in [0.15, 0.2) is 0 Å². The molecule has 0 aromatic heterocycles. The number of rotatable bonds is 4. The molecule has 8 atom stereocenters. The molecule has 4 heterocycles. The van der Waals surface area contributed by atoms with Gasteiger partial charge in [-0.25, -0.2) is 9.78 Å². The van der Waals surface area contributed by atoms with Gasteiger partial charge in [-0.1, -0.05) is 13.8 Å². The zero-order valence-electron chi connectivity index (χ0n) is 16.1. The Morgan fingerprint density at radius 2 is 1.96 bits per heavy atom. The predicted molar refractivity (Wildman–Crippen MR) is 89.4 cm³/mol. The van der Waals surface area contributed by atoms with Gasteiger partial charge in [0, 0.05) is 18.3 Å². The van der Waals surface area contributed by atoms with Crippen molar-refractivity contribution in [1.82, 2.24) is 0 Å². The van der Waals surface area contributed by atoms with Crippen LogP contribution in [0.5, 0.6) is 0 Å². The van der Waals surface area contributed by atoms with Gasteiger partial charge in [-0.05, 0) is 38.0 Å². The molecule has 26 heavy (non-hydrogen) atoms. The molecule has 1 spiro atoms. The highest BCUT2D eigenvalue weighted by Crippen LogP contribution is 2.60. The Morgan fingerprint density at radius 1 is 1.15 bits per heavy atom. The summed E-state index contributed by atoms with van der Waals surface area (Å²) >= 11 is 0. The molecule has 1 saturated carbocycles. The smallest absolute Gasteiger partial charge is 0.307 e. The lowest BCUT2D eigenvalue weighted by Gasteiger charge is -2.60. The highest BCUT2D eigenvalue weighted by Gasteiger charge is 2.69. The minimum Gasteiger partial charge on any atom is -0.469 e. The molecule has 0 N–H and O–H groups in total. The number of esters is 1. The fourth-order valence-electron chi connectivity index (χ4n) is 5.42. The second-order valence-corrected chi connectivity index (χ2v) is 8.47. The van der Waals surface area contributed by atoms with Crippen LogP contribution in [0, 0.1) is 23.7 Å². The molecule has 4 saturated heterocycles. The molecule has 5 fully saturated rings. The van der Waals surface area contributed by atoms with E-state index in [9.17, 15) is 4.79 Å². The monoisotopic (exact) mass is 370 g/mol. The maximum absolute atomic E-state index is 11.4. The molecule has 7 nitrogen and oxygen atoms in total. The number of hydrogen-bond acceptors (Lipinski definition) is 7. The van der Waals surface area contributed by atoms with E-state index in [0.717, 1.165) is 25.7 Å². The molecule has 0 amide bonds. The van der Waals surface area contributed by atoms with E-state index in [-0.39, 0.29) is 30.8 Å². The molecular formula is C19H30O7. The van der Waals surface area contributed by atoms with Gasteiger partial charge in [0.25, 0.3) is 0 Å². The van der Waals surface area contributed by atoms with Crippen LogP contribution in [0.1, 0.15) is 52.9 Å². The Morgan fingerprint density at radius 3 is 2.73 bits per heavy atom. The summed E-state index contributed by atoms with van der Waals surface area (Å²) in [7, 11) is 1.38. The van der Waals surface area contributed by atoms with Gasteiger partial charge in [0.15, 0.2) is 18.2 Å². The zero-order chi connectivity index (χ0) is 18.5. The first-order valence-corrected chi connectivity index (χ1v) is 9.78. The van der Waals surface area contributed by atoms with E-state index in [1.807, 2.05) is 6.92 Å². The predicted octanol–water partition coefficient (Wildman–Crippen LogP) is 2.77. The Balaban J connectivity index is 1.57. The van der Waals surface area contributed by atoms with Gasteiger partial charge < -0.3 is 18.9 Å². The van der Waals surface area contributed by atoms with Crippen LogP contribution < -0.4 is 0 Å². The SMILES string of the molecule is COC(=O)CCOC1O[C@@H]2O[C@@]3(C)CC[C@H]4[C@H](C)CC[C@@H]([C@H]1C)[C@@]24OO3. The van der Waals surface area contributed by atoms with E-state index in [0.29, 0.717) is 11.8 Å². The lowest BCUT2D eigenvalue weighted by molar-refractivity contribution is -0.577. The van der Waals surface area contributed by atoms with Crippen molar-refractivity contribution in [2.45, 2.75) is 76.8 Å². The lowest BCUT2D eigenvalue weighted by atomic mass is 9.58. The highest BCUT2D eigenvalue weighted by atomic mass is 17.3. The normalized spacial score (nSPS) is 50.0. The molecule has 4 aliphatic heterocycles. The van der Waals surface area contributed by atoms with Crippen LogP contribution in [0.4, 0.5) is 0 Å². The molecule has 0 aromatic carbocycles. The minimum absolute atomic E-state index is 0.119. The third-order valence-corrected chi connectivity index (χ3v) is 6.91. The molecule has 5 rings (SSSR count). The molecule has 2 bridgehead atoms. The summed E-state index contributed by atoms with van der Waals surface area (Å²) in [6.45, 7) is 6.60. The van der Waals surface area contributed by atoms with Crippen molar-refractivity contribution in [2.75, 3.05) is 13.7 Å². The number of hydrogen-bond donors (Lipinski definition) is 0. The molecule has 1 unspecified atom stereocenters. The maximum atomic E-state index is 11.4. The summed E-state index contributed by atoms with van der Waals surface area (Å²) in [6.07, 6.45) is 3.25. The highest BCUT2D eigenvalue weighted by molar-refractivity contribution is 5.69. The molecule has 7 heteroatoms. The van der Waals surface area contributed by atoms with Crippen LogP contribution in [-0.2, 0) is 33.5 Å². The number of methoxy groups -OCH3 is 1. The van der Waals surface area contributed by atoms with Crippen molar-refractivity contribution in [2.24, 2.45) is 23.7 Å². The first-order valence-electron chi connectivity index (χ1n) is 9.78. The van der Waals surface area contributed by atoms with Gasteiger partial charge in [0.05, 0.1) is 20.1 Å². The molecule has 0 aromatic rings. The average Bonchev–Trinajstić information content (AvgIpc) is 2.85. The van der Waals surface area contributed by atoms with Crippen LogP contribution in [-0.4, -0.2) is 43.7 Å². The summed E-state index contributed by atoms with van der Waals surface area (Å²) in [5.74, 6) is 0.157. The average molecular weight is 370 g/mol. The zero-order valence-corrected chi connectivity index (χ0v) is 16.1. The van der Waals surface area contributed by atoms with Crippen molar-refractivity contribution in [3.63, 3.8) is 0 Å². The second kappa shape index (κ2) is 6.71. The number of carbonyl (C=O) groups is 1. The second-order valence-electron chi connectivity index (χ2n) is 8.47. The van der Waals surface area contributed by atoms with Gasteiger partial charge in [0.2, 0.25) is 5.79 Å². The quantitative estimate of drug-likeness (QED) is 0.556. The largest absolute Gasteiger partial charge is 0.469 e. The van der Waals surface area contributed by atoms with Crippen LogP contribution in [0.3, 0.4) is 0 Å². The topological polar surface area (TPSA) is 72.5 Å². The van der Waals surface area contributed by atoms with Crippen molar-refractivity contribution >= 4 is 5.97 Å². The third-order valence-electron chi connectivity index (χ3n) is 6.91. The van der Waals surface area contributed by atoms with Crippen LogP contribution in [0.2, 0.25) is 0 Å². The van der Waals surface area contributed by atoms with Gasteiger partial charge >= 0.3 is 5.97 Å². The Labute approximate surface area is 154 Å². The molecule has 0 radical (unpaired) electrons. The molecular weight excluding hydrogens is 340 g/mol. The van der Waals surface area contributed by atoms with E-state index in [1.54, 1.807) is 0 Å². The van der Waals surface area contributed by atoms with Crippen molar-refractivity contribution in [1.29, 1.82) is 0 Å². The van der Waals surface area contributed by atoms with E-state index in [1.165, 1.54) is 7.11 Å².